The summed E-state index contributed by atoms with van der Waals surface area (Å²) in [7, 11) is 0. The van der Waals surface area contributed by atoms with Crippen LogP contribution in [0.3, 0.4) is 0 Å². The molecular weight excluding hydrogens is 403 g/mol. The van der Waals surface area contributed by atoms with Gasteiger partial charge in [-0.25, -0.2) is 9.18 Å². The lowest BCUT2D eigenvalue weighted by Gasteiger charge is -2.13. The summed E-state index contributed by atoms with van der Waals surface area (Å²) < 4.78 is 24.9. The van der Waals surface area contributed by atoms with E-state index in [4.69, 9.17) is 9.47 Å². The van der Waals surface area contributed by atoms with Crippen molar-refractivity contribution < 1.29 is 23.5 Å². The van der Waals surface area contributed by atoms with Gasteiger partial charge in [-0.2, -0.15) is 0 Å². The minimum Gasteiger partial charge on any atom is -0.465 e. The average Bonchev–Trinajstić information content (AvgIpc) is 2.76. The van der Waals surface area contributed by atoms with Gasteiger partial charge in [0.05, 0.1) is 6.61 Å². The lowest BCUT2D eigenvalue weighted by molar-refractivity contribution is -0.143. The Morgan fingerprint density at radius 3 is 2.48 bits per heavy atom. The van der Waals surface area contributed by atoms with Crippen LogP contribution in [0.4, 0.5) is 14.9 Å². The molecule has 1 N–H and O–H groups in total. The highest BCUT2D eigenvalue weighted by atomic mass is 19.1. The van der Waals surface area contributed by atoms with Crippen LogP contribution in [-0.2, 0) is 27.4 Å². The minimum atomic E-state index is -0.833. The molecule has 1 amide bonds. The number of carbonyl (C=O) groups is 2. The molecule has 0 radical (unpaired) electrons. The van der Waals surface area contributed by atoms with Crippen LogP contribution in [0.5, 0.6) is 0 Å². The summed E-state index contributed by atoms with van der Waals surface area (Å²) in [5, 5.41) is 2.41. The number of nitrogens with one attached hydrogen (secondary N) is 1. The number of carbonyl (C=O) groups excluding carboxylic acids is 2. The predicted octanol–water partition coefficient (Wildman–Crippen LogP) is 3.97. The Morgan fingerprint density at radius 1 is 1.00 bits per heavy atom. The molecular formula is C23H21FN2O5. The first kappa shape index (κ1) is 21.8. The van der Waals surface area contributed by atoms with Crippen molar-refractivity contribution in [1.29, 1.82) is 0 Å². The molecule has 0 fully saturated rings. The van der Waals surface area contributed by atoms with Crippen molar-refractivity contribution in [2.45, 2.75) is 20.1 Å². The molecule has 1 heterocycles. The number of rotatable bonds is 7. The Balaban J connectivity index is 1.88. The van der Waals surface area contributed by atoms with Crippen LogP contribution in [0, 0.1) is 5.82 Å². The molecule has 0 atom stereocenters. The first-order valence-electron chi connectivity index (χ1n) is 9.60. The highest BCUT2D eigenvalue weighted by Gasteiger charge is 2.15. The fourth-order valence-corrected chi connectivity index (χ4v) is 2.88. The normalized spacial score (nSPS) is 10.4. The Morgan fingerprint density at radius 2 is 1.77 bits per heavy atom. The molecule has 0 bridgehead atoms. The van der Waals surface area contributed by atoms with E-state index >= 15 is 0 Å². The van der Waals surface area contributed by atoms with Crippen molar-refractivity contribution in [2.24, 2.45) is 0 Å². The second-order valence-electron chi connectivity index (χ2n) is 6.58. The standard InChI is InChI=1S/C23H21FN2O5/c1-2-30-21(27)14-26-13-18(17-9-6-10-19(24)11-17)12-20(22(26)28)25-23(29)31-15-16-7-4-3-5-8-16/h3-13H,2,14-15H2,1H3,(H,25,29). The Labute approximate surface area is 178 Å². The first-order valence-corrected chi connectivity index (χ1v) is 9.60. The summed E-state index contributed by atoms with van der Waals surface area (Å²) >= 11 is 0. The lowest BCUT2D eigenvalue weighted by Crippen LogP contribution is -2.29. The Bertz CT molecular complexity index is 1130. The van der Waals surface area contributed by atoms with Crippen molar-refractivity contribution >= 4 is 17.7 Å². The summed E-state index contributed by atoms with van der Waals surface area (Å²) in [6.07, 6.45) is 0.578. The third kappa shape index (κ3) is 6.02. The molecule has 0 aliphatic heterocycles. The van der Waals surface area contributed by atoms with E-state index in [1.807, 2.05) is 18.2 Å². The molecule has 31 heavy (non-hydrogen) atoms. The quantitative estimate of drug-likeness (QED) is 0.580. The van der Waals surface area contributed by atoms with Gasteiger partial charge in [-0.15, -0.1) is 0 Å². The zero-order valence-corrected chi connectivity index (χ0v) is 16.8. The largest absolute Gasteiger partial charge is 0.465 e. The molecule has 8 heteroatoms. The SMILES string of the molecule is CCOC(=O)Cn1cc(-c2cccc(F)c2)cc(NC(=O)OCc2ccccc2)c1=O. The van der Waals surface area contributed by atoms with Crippen LogP contribution >= 0.6 is 0 Å². The van der Waals surface area contributed by atoms with Gasteiger partial charge in [0.25, 0.3) is 5.56 Å². The summed E-state index contributed by atoms with van der Waals surface area (Å²) in [5.41, 5.74) is 0.958. The first-order chi connectivity index (χ1) is 15.0. The second kappa shape index (κ2) is 10.2. The Hall–Kier alpha value is -3.94. The van der Waals surface area contributed by atoms with Gasteiger partial charge in [0.1, 0.15) is 24.7 Å². The van der Waals surface area contributed by atoms with Crippen molar-refractivity contribution in [3.05, 3.63) is 88.6 Å². The second-order valence-corrected chi connectivity index (χ2v) is 6.58. The number of ether oxygens (including phenoxy) is 2. The maximum Gasteiger partial charge on any atom is 0.412 e. The molecule has 1 aromatic heterocycles. The number of nitrogens with zero attached hydrogens (tertiary/aromatic N) is 1. The van der Waals surface area contributed by atoms with E-state index in [-0.39, 0.29) is 25.4 Å². The minimum absolute atomic E-state index is 0.0211. The van der Waals surface area contributed by atoms with Crippen molar-refractivity contribution in [3.63, 3.8) is 0 Å². The van der Waals surface area contributed by atoms with Crippen molar-refractivity contribution in [2.75, 3.05) is 11.9 Å². The van der Waals surface area contributed by atoms with E-state index in [9.17, 15) is 18.8 Å². The average molecular weight is 424 g/mol. The van der Waals surface area contributed by atoms with Crippen LogP contribution in [-0.4, -0.2) is 23.2 Å². The zero-order valence-electron chi connectivity index (χ0n) is 16.8. The lowest BCUT2D eigenvalue weighted by atomic mass is 10.1. The van der Waals surface area contributed by atoms with E-state index < -0.39 is 23.4 Å². The topological polar surface area (TPSA) is 86.6 Å². The molecule has 0 aliphatic carbocycles. The third-order valence-electron chi connectivity index (χ3n) is 4.30. The van der Waals surface area contributed by atoms with Crippen molar-refractivity contribution in [3.8, 4) is 11.1 Å². The van der Waals surface area contributed by atoms with E-state index in [1.165, 1.54) is 30.5 Å². The highest BCUT2D eigenvalue weighted by Crippen LogP contribution is 2.22. The van der Waals surface area contributed by atoms with Crippen LogP contribution in [0.2, 0.25) is 0 Å². The van der Waals surface area contributed by atoms with Gasteiger partial charge in [-0.05, 0) is 36.2 Å². The molecule has 3 aromatic rings. The van der Waals surface area contributed by atoms with E-state index in [0.29, 0.717) is 11.1 Å². The maximum atomic E-state index is 13.7. The molecule has 3 rings (SSSR count). The summed E-state index contributed by atoms with van der Waals surface area (Å²) in [4.78, 5) is 36.9. The monoisotopic (exact) mass is 424 g/mol. The van der Waals surface area contributed by atoms with Crippen LogP contribution < -0.4 is 10.9 Å². The number of hydrogen-bond acceptors (Lipinski definition) is 5. The van der Waals surface area contributed by atoms with Crippen molar-refractivity contribution in [1.82, 2.24) is 4.57 Å². The zero-order chi connectivity index (χ0) is 22.2. The van der Waals surface area contributed by atoms with Crippen LogP contribution in [0.15, 0.2) is 71.7 Å². The van der Waals surface area contributed by atoms with Gasteiger partial charge < -0.3 is 14.0 Å². The van der Waals surface area contributed by atoms with Gasteiger partial charge >= 0.3 is 12.1 Å². The fraction of sp³-hybridized carbons (Fsp3) is 0.174. The summed E-state index contributed by atoms with van der Waals surface area (Å²) in [6.45, 7) is 1.48. The van der Waals surface area contributed by atoms with Crippen LogP contribution in [0.25, 0.3) is 11.1 Å². The fourth-order valence-electron chi connectivity index (χ4n) is 2.88. The molecule has 0 aliphatic rings. The van der Waals surface area contributed by atoms with Gasteiger partial charge in [0, 0.05) is 11.8 Å². The molecule has 0 saturated heterocycles. The maximum absolute atomic E-state index is 13.7. The highest BCUT2D eigenvalue weighted by molar-refractivity contribution is 5.85. The van der Waals surface area contributed by atoms with E-state index in [1.54, 1.807) is 25.1 Å². The number of benzene rings is 2. The molecule has 2 aromatic carbocycles. The molecule has 7 nitrogen and oxygen atoms in total. The third-order valence-corrected chi connectivity index (χ3v) is 4.30. The summed E-state index contributed by atoms with van der Waals surface area (Å²) in [6, 6.07) is 16.2. The Kier molecular flexibility index (Phi) is 7.16. The molecule has 160 valence electrons. The summed E-state index contributed by atoms with van der Waals surface area (Å²) in [5.74, 6) is -1.07. The number of pyridine rings is 1. The molecule has 0 saturated carbocycles. The van der Waals surface area contributed by atoms with Gasteiger partial charge in [-0.3, -0.25) is 14.9 Å². The number of esters is 1. The van der Waals surface area contributed by atoms with Gasteiger partial charge in [0.15, 0.2) is 0 Å². The number of aromatic nitrogens is 1. The van der Waals surface area contributed by atoms with E-state index in [0.717, 1.165) is 10.1 Å². The number of halogens is 1. The molecule has 0 spiro atoms. The van der Waals surface area contributed by atoms with Gasteiger partial charge in [0.2, 0.25) is 0 Å². The van der Waals surface area contributed by atoms with E-state index in [2.05, 4.69) is 5.32 Å². The number of amides is 1. The van der Waals surface area contributed by atoms with Crippen LogP contribution in [0.1, 0.15) is 12.5 Å². The predicted molar refractivity (Wildman–Crippen MR) is 113 cm³/mol. The molecule has 0 unspecified atom stereocenters. The smallest absolute Gasteiger partial charge is 0.412 e. The number of anilines is 1. The number of hydrogen-bond donors (Lipinski definition) is 1. The van der Waals surface area contributed by atoms with Gasteiger partial charge in [-0.1, -0.05) is 42.5 Å².